The van der Waals surface area contributed by atoms with E-state index in [9.17, 15) is 4.79 Å². The molecule has 0 aromatic carbocycles. The summed E-state index contributed by atoms with van der Waals surface area (Å²) in [6.07, 6.45) is 10.8. The van der Waals surface area contributed by atoms with Crippen molar-refractivity contribution in [2.45, 2.75) is 38.1 Å². The van der Waals surface area contributed by atoms with Crippen molar-refractivity contribution in [3.63, 3.8) is 0 Å². The van der Waals surface area contributed by atoms with Crippen molar-refractivity contribution in [3.05, 3.63) is 52.7 Å². The Morgan fingerprint density at radius 3 is 3.12 bits per heavy atom. The third kappa shape index (κ3) is 3.06. The lowest BCUT2D eigenvalue weighted by atomic mass is 9.97. The van der Waals surface area contributed by atoms with Gasteiger partial charge < -0.3 is 4.90 Å². The fourth-order valence-corrected chi connectivity index (χ4v) is 4.14. The highest BCUT2D eigenvalue weighted by Crippen LogP contribution is 2.24. The molecule has 5 nitrogen and oxygen atoms in total. The second-order valence-corrected chi connectivity index (χ2v) is 7.25. The summed E-state index contributed by atoms with van der Waals surface area (Å²) in [7, 11) is 0. The zero-order valence-corrected chi connectivity index (χ0v) is 14.3. The Balaban J connectivity index is 1.51. The first-order valence-electron chi connectivity index (χ1n) is 8.44. The molecular weight excluding hydrogens is 320 g/mol. The number of amides is 1. The van der Waals surface area contributed by atoms with Crippen molar-refractivity contribution in [3.8, 4) is 0 Å². The number of likely N-dealkylation sites (tertiary alicyclic amines) is 1. The number of piperidine rings is 1. The van der Waals surface area contributed by atoms with Gasteiger partial charge in [0.2, 0.25) is 5.78 Å². The van der Waals surface area contributed by atoms with Crippen LogP contribution in [0, 0.1) is 0 Å². The molecule has 0 unspecified atom stereocenters. The van der Waals surface area contributed by atoms with Crippen LogP contribution in [-0.2, 0) is 6.42 Å². The van der Waals surface area contributed by atoms with Gasteiger partial charge in [-0.2, -0.15) is 0 Å². The summed E-state index contributed by atoms with van der Waals surface area (Å²) in [4.78, 5) is 25.0. The van der Waals surface area contributed by atoms with Gasteiger partial charge in [-0.05, 0) is 49.6 Å². The molecule has 124 valence electrons. The second-order valence-electron chi connectivity index (χ2n) is 6.22. The Morgan fingerprint density at radius 2 is 2.29 bits per heavy atom. The van der Waals surface area contributed by atoms with Crippen LogP contribution >= 0.6 is 11.3 Å². The van der Waals surface area contributed by atoms with Gasteiger partial charge in [0.05, 0.1) is 0 Å². The molecule has 1 aliphatic rings. The number of hydrogen-bond acceptors (Lipinski definition) is 4. The average molecular weight is 340 g/mol. The minimum Gasteiger partial charge on any atom is -0.334 e. The summed E-state index contributed by atoms with van der Waals surface area (Å²) >= 11 is 1.79. The number of rotatable bonds is 4. The number of nitrogens with zero attached hydrogens (tertiary/aromatic N) is 4. The summed E-state index contributed by atoms with van der Waals surface area (Å²) in [5, 5.41) is 2.11. The largest absolute Gasteiger partial charge is 0.334 e. The third-order valence-corrected chi connectivity index (χ3v) is 5.58. The Morgan fingerprint density at radius 1 is 1.33 bits per heavy atom. The highest BCUT2D eigenvalue weighted by Gasteiger charge is 2.28. The van der Waals surface area contributed by atoms with E-state index in [4.69, 9.17) is 0 Å². The first-order chi connectivity index (χ1) is 11.8. The van der Waals surface area contributed by atoms with Gasteiger partial charge in [0.25, 0.3) is 5.91 Å². The molecule has 1 aliphatic heterocycles. The standard InChI is InChI=1S/C18H20N4OS/c23-17(16-13-21-10-4-9-19-18(21)20-16)22-11-2-1-5-14(22)7-8-15-6-3-12-24-15/h3-4,6,9-10,12-14H,1-2,5,7-8,11H2/t14-/m1/s1. The van der Waals surface area contributed by atoms with Gasteiger partial charge in [0.15, 0.2) is 0 Å². The molecule has 0 saturated carbocycles. The van der Waals surface area contributed by atoms with Crippen molar-refractivity contribution < 1.29 is 4.79 Å². The maximum Gasteiger partial charge on any atom is 0.274 e. The van der Waals surface area contributed by atoms with Crippen LogP contribution in [0.2, 0.25) is 0 Å². The summed E-state index contributed by atoms with van der Waals surface area (Å²) in [5.41, 5.74) is 0.497. The van der Waals surface area contributed by atoms with Crippen LogP contribution in [0.25, 0.3) is 5.78 Å². The predicted octanol–water partition coefficient (Wildman–Crippen LogP) is 3.42. The van der Waals surface area contributed by atoms with Crippen LogP contribution in [0.15, 0.2) is 42.2 Å². The molecule has 0 bridgehead atoms. The van der Waals surface area contributed by atoms with E-state index in [1.54, 1.807) is 28.1 Å². The first-order valence-corrected chi connectivity index (χ1v) is 9.32. The van der Waals surface area contributed by atoms with Crippen LogP contribution in [-0.4, -0.2) is 37.8 Å². The molecule has 3 aromatic heterocycles. The maximum absolute atomic E-state index is 13.0. The number of thiophene rings is 1. The molecule has 1 amide bonds. The van der Waals surface area contributed by atoms with Crippen molar-refractivity contribution in [2.75, 3.05) is 6.54 Å². The lowest BCUT2D eigenvalue weighted by Crippen LogP contribution is -2.44. The van der Waals surface area contributed by atoms with Crippen LogP contribution in [0.3, 0.4) is 0 Å². The Labute approximate surface area is 145 Å². The van der Waals surface area contributed by atoms with Gasteiger partial charge in [-0.1, -0.05) is 6.07 Å². The SMILES string of the molecule is O=C(c1cn2cccnc2n1)N1CCCC[C@@H]1CCc1cccs1. The molecule has 6 heteroatoms. The summed E-state index contributed by atoms with van der Waals surface area (Å²) in [5.74, 6) is 0.615. The van der Waals surface area contributed by atoms with Crippen molar-refractivity contribution in [1.82, 2.24) is 19.3 Å². The van der Waals surface area contributed by atoms with Gasteiger partial charge in [-0.25, -0.2) is 9.97 Å². The van der Waals surface area contributed by atoms with Crippen LogP contribution < -0.4 is 0 Å². The molecule has 0 spiro atoms. The minimum absolute atomic E-state index is 0.0383. The maximum atomic E-state index is 13.0. The van der Waals surface area contributed by atoms with Crippen LogP contribution in [0.4, 0.5) is 0 Å². The van der Waals surface area contributed by atoms with Crippen LogP contribution in [0.1, 0.15) is 41.0 Å². The van der Waals surface area contributed by atoms with E-state index in [0.717, 1.165) is 32.2 Å². The molecule has 1 fully saturated rings. The fourth-order valence-electron chi connectivity index (χ4n) is 3.41. The van der Waals surface area contributed by atoms with Crippen molar-refractivity contribution in [1.29, 1.82) is 0 Å². The average Bonchev–Trinajstić information content (AvgIpc) is 3.29. The molecule has 1 atom stereocenters. The van der Waals surface area contributed by atoms with Gasteiger partial charge >= 0.3 is 0 Å². The highest BCUT2D eigenvalue weighted by atomic mass is 32.1. The number of carbonyl (C=O) groups is 1. The molecule has 3 aromatic rings. The smallest absolute Gasteiger partial charge is 0.274 e. The minimum atomic E-state index is 0.0383. The highest BCUT2D eigenvalue weighted by molar-refractivity contribution is 7.09. The zero-order chi connectivity index (χ0) is 16.4. The first kappa shape index (κ1) is 15.3. The lowest BCUT2D eigenvalue weighted by molar-refractivity contribution is 0.0597. The molecule has 4 heterocycles. The number of fused-ring (bicyclic) bond motifs is 1. The van der Waals surface area contributed by atoms with E-state index in [2.05, 4.69) is 27.5 Å². The molecule has 4 rings (SSSR count). The Bertz CT molecular complexity index is 794. The monoisotopic (exact) mass is 340 g/mol. The number of carbonyl (C=O) groups excluding carboxylic acids is 1. The van der Waals surface area contributed by atoms with Crippen molar-refractivity contribution >= 4 is 23.0 Å². The fraction of sp³-hybridized carbons (Fsp3) is 0.389. The van der Waals surface area contributed by atoms with Gasteiger partial charge in [0, 0.05) is 36.1 Å². The quantitative estimate of drug-likeness (QED) is 0.731. The Kier molecular flexibility index (Phi) is 4.30. The predicted molar refractivity (Wildman–Crippen MR) is 94.3 cm³/mol. The molecule has 1 saturated heterocycles. The topological polar surface area (TPSA) is 50.5 Å². The van der Waals surface area contributed by atoms with Crippen LogP contribution in [0.5, 0.6) is 0 Å². The van der Waals surface area contributed by atoms with Gasteiger partial charge in [-0.3, -0.25) is 9.20 Å². The molecule has 0 radical (unpaired) electrons. The summed E-state index contributed by atoms with van der Waals surface area (Å²) in [6.45, 7) is 0.829. The summed E-state index contributed by atoms with van der Waals surface area (Å²) in [6, 6.07) is 6.42. The van der Waals surface area contributed by atoms with Gasteiger partial charge in [-0.15, -0.1) is 11.3 Å². The Hall–Kier alpha value is -2.21. The molecule has 0 N–H and O–H groups in total. The zero-order valence-electron chi connectivity index (χ0n) is 13.5. The number of hydrogen-bond donors (Lipinski definition) is 0. The molecular formula is C18H20N4OS. The number of aromatic nitrogens is 3. The van der Waals surface area contributed by atoms with E-state index < -0.39 is 0 Å². The van der Waals surface area contributed by atoms with E-state index >= 15 is 0 Å². The third-order valence-electron chi connectivity index (χ3n) is 4.65. The number of aryl methyl sites for hydroxylation is 1. The van der Waals surface area contributed by atoms with E-state index in [-0.39, 0.29) is 5.91 Å². The summed E-state index contributed by atoms with van der Waals surface area (Å²) < 4.78 is 1.80. The second kappa shape index (κ2) is 6.73. The van der Waals surface area contributed by atoms with Gasteiger partial charge in [0.1, 0.15) is 5.69 Å². The molecule has 24 heavy (non-hydrogen) atoms. The lowest BCUT2D eigenvalue weighted by Gasteiger charge is -2.35. The van der Waals surface area contributed by atoms with Crippen molar-refractivity contribution in [2.24, 2.45) is 0 Å². The number of imidazole rings is 1. The van der Waals surface area contributed by atoms with E-state index in [1.165, 1.54) is 11.3 Å². The van der Waals surface area contributed by atoms with E-state index in [1.807, 2.05) is 17.2 Å². The van der Waals surface area contributed by atoms with E-state index in [0.29, 0.717) is 17.5 Å². The molecule has 0 aliphatic carbocycles. The normalized spacial score (nSPS) is 18.2.